The van der Waals surface area contributed by atoms with Crippen LogP contribution in [0, 0.1) is 17.7 Å². The van der Waals surface area contributed by atoms with Crippen molar-refractivity contribution in [2.45, 2.75) is 13.8 Å². The molecular weight excluding hydrogens is 279 g/mol. The van der Waals surface area contributed by atoms with Crippen LogP contribution in [0.2, 0.25) is 0 Å². The Bertz CT molecular complexity index is 520. The number of carboxylic acids is 1. The number of urea groups is 1. The summed E-state index contributed by atoms with van der Waals surface area (Å²) in [6.45, 7) is 3.46. The van der Waals surface area contributed by atoms with Crippen molar-refractivity contribution in [2.75, 3.05) is 19.0 Å². The predicted molar refractivity (Wildman–Crippen MR) is 75.9 cm³/mol. The second-order valence-electron chi connectivity index (χ2n) is 4.87. The lowest BCUT2D eigenvalue weighted by Gasteiger charge is -2.17. The van der Waals surface area contributed by atoms with Crippen LogP contribution in [0.25, 0.3) is 0 Å². The summed E-state index contributed by atoms with van der Waals surface area (Å²) in [5.41, 5.74) is -0.0386. The maximum atomic E-state index is 13.5. The SMILES string of the molecule is COc1ccc(F)c(NC(=O)NCC(C(=O)O)C(C)C)c1. The van der Waals surface area contributed by atoms with Crippen LogP contribution in [-0.2, 0) is 4.79 Å². The normalized spacial score (nSPS) is 11.9. The quantitative estimate of drug-likeness (QED) is 0.752. The van der Waals surface area contributed by atoms with E-state index < -0.39 is 23.7 Å². The lowest BCUT2D eigenvalue weighted by Crippen LogP contribution is -2.37. The number of hydrogen-bond acceptors (Lipinski definition) is 3. The maximum absolute atomic E-state index is 13.5. The van der Waals surface area contributed by atoms with Gasteiger partial charge in [-0.25, -0.2) is 9.18 Å². The third-order valence-electron chi connectivity index (χ3n) is 3.03. The fourth-order valence-electron chi connectivity index (χ4n) is 1.70. The van der Waals surface area contributed by atoms with E-state index in [1.54, 1.807) is 13.8 Å². The first-order valence-electron chi connectivity index (χ1n) is 6.46. The molecule has 0 saturated carbocycles. The third kappa shape index (κ3) is 4.94. The number of anilines is 1. The molecule has 0 aromatic heterocycles. The monoisotopic (exact) mass is 298 g/mol. The van der Waals surface area contributed by atoms with Gasteiger partial charge in [-0.05, 0) is 18.1 Å². The second-order valence-corrected chi connectivity index (χ2v) is 4.87. The average molecular weight is 298 g/mol. The first-order chi connectivity index (χ1) is 9.85. The van der Waals surface area contributed by atoms with Gasteiger partial charge < -0.3 is 20.5 Å². The number of carboxylic acid groups (broad SMARTS) is 1. The van der Waals surface area contributed by atoms with E-state index in [2.05, 4.69) is 10.6 Å². The maximum Gasteiger partial charge on any atom is 0.319 e. The Morgan fingerprint density at radius 1 is 1.38 bits per heavy atom. The molecule has 0 saturated heterocycles. The minimum absolute atomic E-state index is 0.0373. The van der Waals surface area contributed by atoms with Gasteiger partial charge in [0.1, 0.15) is 11.6 Å². The van der Waals surface area contributed by atoms with E-state index in [1.807, 2.05) is 0 Å². The second kappa shape index (κ2) is 7.47. The molecule has 1 aromatic rings. The van der Waals surface area contributed by atoms with Gasteiger partial charge in [-0.1, -0.05) is 13.8 Å². The lowest BCUT2D eigenvalue weighted by atomic mass is 9.96. The van der Waals surface area contributed by atoms with Crippen LogP contribution in [0.15, 0.2) is 18.2 Å². The molecule has 0 aliphatic carbocycles. The molecular formula is C14H19FN2O4. The zero-order chi connectivity index (χ0) is 16.0. The number of carbonyl (C=O) groups excluding carboxylic acids is 1. The Kier molecular flexibility index (Phi) is 5.95. The van der Waals surface area contributed by atoms with E-state index in [0.717, 1.165) is 0 Å². The first kappa shape index (κ1) is 16.7. The van der Waals surface area contributed by atoms with Crippen LogP contribution in [0.3, 0.4) is 0 Å². The molecule has 1 rings (SSSR count). The summed E-state index contributed by atoms with van der Waals surface area (Å²) in [4.78, 5) is 22.7. The minimum Gasteiger partial charge on any atom is -0.497 e. The van der Waals surface area contributed by atoms with E-state index in [-0.39, 0.29) is 18.2 Å². The van der Waals surface area contributed by atoms with Crippen molar-refractivity contribution >= 4 is 17.7 Å². The van der Waals surface area contributed by atoms with Gasteiger partial charge >= 0.3 is 12.0 Å². The van der Waals surface area contributed by atoms with Crippen LogP contribution in [0.5, 0.6) is 5.75 Å². The van der Waals surface area contributed by atoms with E-state index in [4.69, 9.17) is 9.84 Å². The van der Waals surface area contributed by atoms with E-state index in [1.165, 1.54) is 25.3 Å². The standard InChI is InChI=1S/C14H19FN2O4/c1-8(2)10(13(18)19)7-16-14(20)17-12-6-9(21-3)4-5-11(12)15/h4-6,8,10H,7H2,1-3H3,(H,18,19)(H2,16,17,20). The van der Waals surface area contributed by atoms with Crippen LogP contribution in [0.1, 0.15) is 13.8 Å². The largest absolute Gasteiger partial charge is 0.497 e. The molecule has 0 spiro atoms. The predicted octanol–water partition coefficient (Wildman–Crippen LogP) is 2.31. The molecule has 1 aromatic carbocycles. The molecule has 21 heavy (non-hydrogen) atoms. The highest BCUT2D eigenvalue weighted by Gasteiger charge is 2.22. The fraction of sp³-hybridized carbons (Fsp3) is 0.429. The molecule has 0 bridgehead atoms. The van der Waals surface area contributed by atoms with Gasteiger partial charge in [0, 0.05) is 12.6 Å². The summed E-state index contributed by atoms with van der Waals surface area (Å²) in [6, 6.07) is 3.26. The number of rotatable bonds is 6. The van der Waals surface area contributed by atoms with Crippen molar-refractivity contribution in [1.29, 1.82) is 0 Å². The Hall–Kier alpha value is -2.31. The summed E-state index contributed by atoms with van der Waals surface area (Å²) in [7, 11) is 1.43. The molecule has 1 unspecified atom stereocenters. The molecule has 1 atom stereocenters. The number of amides is 2. The number of halogens is 1. The van der Waals surface area contributed by atoms with Crippen LogP contribution >= 0.6 is 0 Å². The fourth-order valence-corrected chi connectivity index (χ4v) is 1.70. The Labute approximate surface area is 122 Å². The van der Waals surface area contributed by atoms with Gasteiger partial charge in [0.2, 0.25) is 0 Å². The number of nitrogens with one attached hydrogen (secondary N) is 2. The summed E-state index contributed by atoms with van der Waals surface area (Å²) in [6.07, 6.45) is 0. The zero-order valence-corrected chi connectivity index (χ0v) is 12.1. The third-order valence-corrected chi connectivity index (χ3v) is 3.03. The van der Waals surface area contributed by atoms with Crippen molar-refractivity contribution in [3.63, 3.8) is 0 Å². The number of ether oxygens (including phenoxy) is 1. The summed E-state index contributed by atoms with van der Waals surface area (Å²) in [5.74, 6) is -2.03. The Balaban J connectivity index is 2.63. The average Bonchev–Trinajstić information content (AvgIpc) is 2.40. The number of aliphatic carboxylic acids is 1. The lowest BCUT2D eigenvalue weighted by molar-refractivity contribution is -0.142. The highest BCUT2D eigenvalue weighted by Crippen LogP contribution is 2.20. The van der Waals surface area contributed by atoms with Gasteiger partial charge in [-0.3, -0.25) is 4.79 Å². The molecule has 3 N–H and O–H groups in total. The molecule has 0 fully saturated rings. The van der Waals surface area contributed by atoms with Crippen LogP contribution < -0.4 is 15.4 Å². The first-order valence-corrected chi connectivity index (χ1v) is 6.46. The van der Waals surface area contributed by atoms with Gasteiger partial charge in [0.05, 0.1) is 18.7 Å². The highest BCUT2D eigenvalue weighted by molar-refractivity contribution is 5.89. The molecule has 0 aliphatic heterocycles. The molecule has 116 valence electrons. The van der Waals surface area contributed by atoms with Crippen LogP contribution in [0.4, 0.5) is 14.9 Å². The molecule has 2 amide bonds. The Morgan fingerprint density at radius 3 is 2.57 bits per heavy atom. The van der Waals surface area contributed by atoms with Gasteiger partial charge in [-0.15, -0.1) is 0 Å². The van der Waals surface area contributed by atoms with Gasteiger partial charge in [-0.2, -0.15) is 0 Å². The van der Waals surface area contributed by atoms with Crippen molar-refractivity contribution in [2.24, 2.45) is 11.8 Å². The van der Waals surface area contributed by atoms with Crippen LogP contribution in [-0.4, -0.2) is 30.8 Å². The van der Waals surface area contributed by atoms with Gasteiger partial charge in [0.25, 0.3) is 0 Å². The summed E-state index contributed by atoms with van der Waals surface area (Å²) >= 11 is 0. The number of methoxy groups -OCH3 is 1. The molecule has 0 aliphatic rings. The van der Waals surface area contributed by atoms with Gasteiger partial charge in [0.15, 0.2) is 0 Å². The van der Waals surface area contributed by atoms with Crippen molar-refractivity contribution in [3.8, 4) is 5.75 Å². The number of hydrogen-bond donors (Lipinski definition) is 3. The zero-order valence-electron chi connectivity index (χ0n) is 12.1. The Morgan fingerprint density at radius 2 is 2.05 bits per heavy atom. The van der Waals surface area contributed by atoms with E-state index >= 15 is 0 Å². The molecule has 0 heterocycles. The topological polar surface area (TPSA) is 87.7 Å². The number of carbonyl (C=O) groups is 2. The van der Waals surface area contributed by atoms with Crippen molar-refractivity contribution in [1.82, 2.24) is 5.32 Å². The van der Waals surface area contributed by atoms with E-state index in [9.17, 15) is 14.0 Å². The summed E-state index contributed by atoms with van der Waals surface area (Å²) < 4.78 is 18.5. The number of benzene rings is 1. The minimum atomic E-state index is -0.988. The molecule has 0 radical (unpaired) electrons. The molecule has 6 nitrogen and oxygen atoms in total. The summed E-state index contributed by atoms with van der Waals surface area (Å²) in [5, 5.41) is 13.8. The smallest absolute Gasteiger partial charge is 0.319 e. The van der Waals surface area contributed by atoms with Crippen molar-refractivity contribution < 1.29 is 23.8 Å². The highest BCUT2D eigenvalue weighted by atomic mass is 19.1. The van der Waals surface area contributed by atoms with Crippen molar-refractivity contribution in [3.05, 3.63) is 24.0 Å². The van der Waals surface area contributed by atoms with E-state index in [0.29, 0.717) is 5.75 Å². The molecule has 7 heteroatoms.